The van der Waals surface area contributed by atoms with Gasteiger partial charge in [-0.1, -0.05) is 30.3 Å². The molecule has 0 bridgehead atoms. The lowest BCUT2D eigenvalue weighted by atomic mass is 9.94. The molecule has 1 aromatic rings. The highest BCUT2D eigenvalue weighted by Crippen LogP contribution is 2.19. The van der Waals surface area contributed by atoms with Gasteiger partial charge in [0.1, 0.15) is 5.92 Å². The van der Waals surface area contributed by atoms with Crippen LogP contribution in [0.2, 0.25) is 0 Å². The summed E-state index contributed by atoms with van der Waals surface area (Å²) in [6.07, 6.45) is 1.48. The molecule has 0 saturated heterocycles. The molecular weight excluding hydrogens is 258 g/mol. The van der Waals surface area contributed by atoms with Gasteiger partial charge in [-0.15, -0.1) is 0 Å². The summed E-state index contributed by atoms with van der Waals surface area (Å²) in [5.41, 5.74) is 11.8. The molecule has 0 aliphatic carbocycles. The van der Waals surface area contributed by atoms with E-state index in [1.165, 1.54) is 6.08 Å². The van der Waals surface area contributed by atoms with Gasteiger partial charge in [0.2, 0.25) is 0 Å². The molecule has 2 aliphatic rings. The first kappa shape index (κ1) is 12.1. The van der Waals surface area contributed by atoms with Crippen molar-refractivity contribution in [2.45, 2.75) is 0 Å². The quantitative estimate of drug-likeness (QED) is 0.627. The summed E-state index contributed by atoms with van der Waals surface area (Å²) < 4.78 is 0. The Labute approximate surface area is 114 Å². The largest absolute Gasteiger partial charge is 0.382 e. The van der Waals surface area contributed by atoms with Gasteiger partial charge < -0.3 is 5.73 Å². The van der Waals surface area contributed by atoms with Crippen LogP contribution in [0.25, 0.3) is 0 Å². The van der Waals surface area contributed by atoms with E-state index in [2.05, 4.69) is 21.1 Å². The average molecular weight is 269 g/mol. The van der Waals surface area contributed by atoms with E-state index in [0.29, 0.717) is 5.71 Å². The van der Waals surface area contributed by atoms with Crippen molar-refractivity contribution in [2.24, 2.45) is 21.9 Å². The van der Waals surface area contributed by atoms with Gasteiger partial charge in [-0.05, 0) is 11.6 Å². The third kappa shape index (κ3) is 1.95. The van der Waals surface area contributed by atoms with Crippen LogP contribution in [0, 0.1) is 5.92 Å². The number of nitrogens with zero attached hydrogens (tertiary/aromatic N) is 2. The highest BCUT2D eigenvalue weighted by molar-refractivity contribution is 6.25. The Bertz CT molecular complexity index is 675. The van der Waals surface area contributed by atoms with Crippen LogP contribution in [0.1, 0.15) is 5.56 Å². The Balaban J connectivity index is 1.98. The smallest absolute Gasteiger partial charge is 0.274 e. The van der Waals surface area contributed by atoms with E-state index in [1.807, 2.05) is 30.3 Å². The van der Waals surface area contributed by atoms with Crippen molar-refractivity contribution in [1.29, 1.82) is 0 Å². The molecule has 1 unspecified atom stereocenters. The van der Waals surface area contributed by atoms with Gasteiger partial charge in [-0.3, -0.25) is 9.59 Å². The van der Waals surface area contributed by atoms with Crippen LogP contribution < -0.4 is 16.6 Å². The molecule has 1 atom stereocenters. The topological polar surface area (TPSA) is 109 Å². The van der Waals surface area contributed by atoms with Gasteiger partial charge in [-0.2, -0.15) is 10.2 Å². The molecule has 1 aromatic carbocycles. The van der Waals surface area contributed by atoms with Crippen LogP contribution in [0.5, 0.6) is 0 Å². The number of carbonyl (C=O) groups is 2. The van der Waals surface area contributed by atoms with Crippen LogP contribution in [0.3, 0.4) is 0 Å². The van der Waals surface area contributed by atoms with Crippen molar-refractivity contribution >= 4 is 23.4 Å². The fraction of sp³-hybridized carbons (Fsp3) is 0.0769. The van der Waals surface area contributed by atoms with Crippen LogP contribution >= 0.6 is 0 Å². The van der Waals surface area contributed by atoms with Crippen molar-refractivity contribution in [3.05, 3.63) is 47.5 Å². The second kappa shape index (κ2) is 4.61. The van der Waals surface area contributed by atoms with Crippen molar-refractivity contribution in [3.63, 3.8) is 0 Å². The summed E-state index contributed by atoms with van der Waals surface area (Å²) in [5.74, 6) is -1.31. The summed E-state index contributed by atoms with van der Waals surface area (Å²) in [7, 11) is 0. The first-order valence-electron chi connectivity index (χ1n) is 5.95. The number of rotatable bonds is 2. The fourth-order valence-corrected chi connectivity index (χ4v) is 2.06. The zero-order valence-electron chi connectivity index (χ0n) is 10.3. The molecular formula is C13H11N5O2. The molecule has 2 amide bonds. The Morgan fingerprint density at radius 2 is 1.85 bits per heavy atom. The minimum absolute atomic E-state index is 0.0714. The van der Waals surface area contributed by atoms with Crippen LogP contribution in [-0.2, 0) is 9.59 Å². The number of hydrogen-bond donors (Lipinski definition) is 3. The Morgan fingerprint density at radius 1 is 1.10 bits per heavy atom. The number of hydrazone groups is 2. The Morgan fingerprint density at radius 3 is 2.50 bits per heavy atom. The highest BCUT2D eigenvalue weighted by Gasteiger charge is 2.32. The molecule has 2 aliphatic heterocycles. The molecule has 0 radical (unpaired) electrons. The number of benzene rings is 1. The normalized spacial score (nSPS) is 23.4. The van der Waals surface area contributed by atoms with E-state index >= 15 is 0 Å². The van der Waals surface area contributed by atoms with E-state index in [-0.39, 0.29) is 17.3 Å². The lowest BCUT2D eigenvalue weighted by Crippen LogP contribution is -2.25. The fourth-order valence-electron chi connectivity index (χ4n) is 2.06. The monoisotopic (exact) mass is 269 g/mol. The predicted molar refractivity (Wildman–Crippen MR) is 72.5 cm³/mol. The number of nitrogens with one attached hydrogen (secondary N) is 2. The van der Waals surface area contributed by atoms with Crippen molar-refractivity contribution < 1.29 is 9.59 Å². The molecule has 0 saturated carbocycles. The number of amides is 2. The van der Waals surface area contributed by atoms with Crippen molar-refractivity contribution in [3.8, 4) is 0 Å². The minimum Gasteiger partial charge on any atom is -0.382 e. The summed E-state index contributed by atoms with van der Waals surface area (Å²) in [6.45, 7) is 0. The maximum atomic E-state index is 11.9. The number of hydrogen-bond acceptors (Lipinski definition) is 5. The average Bonchev–Trinajstić information content (AvgIpc) is 2.98. The first-order valence-corrected chi connectivity index (χ1v) is 5.95. The first-order chi connectivity index (χ1) is 9.66. The molecule has 0 spiro atoms. The third-order valence-corrected chi connectivity index (χ3v) is 3.06. The maximum Gasteiger partial charge on any atom is 0.274 e. The van der Waals surface area contributed by atoms with Gasteiger partial charge in [-0.25, -0.2) is 10.9 Å². The van der Waals surface area contributed by atoms with E-state index in [4.69, 9.17) is 5.73 Å². The standard InChI is InChI=1S/C13H11N5O2/c14-11-9(13(20)18-16-11)6-8-10(15-17-12(8)19)7-4-2-1-3-5-7/h1-6,8H,(H2,14,16)(H,17,19)(H,18,20)/b9-6+. The third-order valence-electron chi connectivity index (χ3n) is 3.06. The van der Waals surface area contributed by atoms with Crippen LogP contribution in [0.15, 0.2) is 52.2 Å². The van der Waals surface area contributed by atoms with Gasteiger partial charge in [0, 0.05) is 0 Å². The van der Waals surface area contributed by atoms with E-state index in [1.54, 1.807) is 0 Å². The molecule has 7 nitrogen and oxygen atoms in total. The molecule has 4 N–H and O–H groups in total. The lowest BCUT2D eigenvalue weighted by molar-refractivity contribution is -0.121. The number of amidine groups is 1. The van der Waals surface area contributed by atoms with Crippen LogP contribution in [0.4, 0.5) is 0 Å². The van der Waals surface area contributed by atoms with Gasteiger partial charge >= 0.3 is 0 Å². The molecule has 0 fully saturated rings. The van der Waals surface area contributed by atoms with Crippen molar-refractivity contribution in [2.75, 3.05) is 0 Å². The molecule has 20 heavy (non-hydrogen) atoms. The van der Waals surface area contributed by atoms with E-state index in [0.717, 1.165) is 5.56 Å². The van der Waals surface area contributed by atoms with Gasteiger partial charge in [0.25, 0.3) is 11.8 Å². The molecule has 3 rings (SSSR count). The minimum atomic E-state index is -0.662. The molecule has 100 valence electrons. The lowest BCUT2D eigenvalue weighted by Gasteiger charge is -2.06. The summed E-state index contributed by atoms with van der Waals surface area (Å²) in [5, 5.41) is 7.64. The highest BCUT2D eigenvalue weighted by atomic mass is 16.2. The SMILES string of the molecule is NC1=NNC(=O)/C1=C/C1C(=O)NN=C1c1ccccc1. The number of carbonyl (C=O) groups excluding carboxylic acids is 2. The van der Waals surface area contributed by atoms with E-state index in [9.17, 15) is 9.59 Å². The molecule has 7 heteroatoms. The summed E-state index contributed by atoms with van der Waals surface area (Å²) in [6, 6.07) is 9.26. The zero-order valence-corrected chi connectivity index (χ0v) is 10.3. The second-order valence-corrected chi connectivity index (χ2v) is 4.34. The summed E-state index contributed by atoms with van der Waals surface area (Å²) in [4.78, 5) is 23.5. The maximum absolute atomic E-state index is 11.9. The van der Waals surface area contributed by atoms with Crippen LogP contribution in [-0.4, -0.2) is 23.4 Å². The molecule has 2 heterocycles. The second-order valence-electron chi connectivity index (χ2n) is 4.34. The zero-order chi connectivity index (χ0) is 14.1. The summed E-state index contributed by atoms with van der Waals surface area (Å²) >= 11 is 0. The van der Waals surface area contributed by atoms with Crippen molar-refractivity contribution in [1.82, 2.24) is 10.9 Å². The van der Waals surface area contributed by atoms with Gasteiger partial charge in [0.05, 0.1) is 11.3 Å². The number of nitrogens with two attached hydrogens (primary N) is 1. The molecule has 0 aromatic heterocycles. The van der Waals surface area contributed by atoms with E-state index < -0.39 is 11.8 Å². The Kier molecular flexibility index (Phi) is 2.79. The predicted octanol–water partition coefficient (Wildman–Crippen LogP) is -0.535. The Hall–Kier alpha value is -2.96. The van der Waals surface area contributed by atoms with Gasteiger partial charge in [0.15, 0.2) is 5.84 Å².